The number of fused-ring (bicyclic) bond motifs is 2. The summed E-state index contributed by atoms with van der Waals surface area (Å²) in [6.45, 7) is 2.91. The molecule has 4 aromatic rings. The van der Waals surface area contributed by atoms with Crippen molar-refractivity contribution in [1.82, 2.24) is 15.0 Å². The van der Waals surface area contributed by atoms with Crippen LogP contribution in [0.3, 0.4) is 0 Å². The maximum absolute atomic E-state index is 6.25. The summed E-state index contributed by atoms with van der Waals surface area (Å²) >= 11 is 0. The van der Waals surface area contributed by atoms with Gasteiger partial charge in [0.05, 0.1) is 13.7 Å². The Bertz CT molecular complexity index is 1190. The number of rotatable bonds is 6. The summed E-state index contributed by atoms with van der Waals surface area (Å²) in [5.41, 5.74) is 4.05. The van der Waals surface area contributed by atoms with Crippen molar-refractivity contribution in [2.45, 2.75) is 19.4 Å². The predicted molar refractivity (Wildman–Crippen MR) is 116 cm³/mol. The first-order chi connectivity index (χ1) is 15.2. The molecule has 5 rings (SSSR count). The van der Waals surface area contributed by atoms with Gasteiger partial charge in [-0.05, 0) is 54.8 Å². The molecule has 7 nitrogen and oxygen atoms in total. The Hall–Kier alpha value is -3.74. The van der Waals surface area contributed by atoms with Gasteiger partial charge in [0.2, 0.25) is 11.6 Å². The minimum atomic E-state index is -0.268. The van der Waals surface area contributed by atoms with Crippen LogP contribution in [-0.4, -0.2) is 35.3 Å². The van der Waals surface area contributed by atoms with Crippen molar-refractivity contribution < 1.29 is 18.9 Å². The molecule has 0 radical (unpaired) electrons. The van der Waals surface area contributed by atoms with E-state index in [1.165, 1.54) is 5.56 Å². The summed E-state index contributed by atoms with van der Waals surface area (Å²) in [5.74, 6) is 2.53. The maximum Gasteiger partial charge on any atom is 0.213 e. The second-order valence-corrected chi connectivity index (χ2v) is 7.30. The van der Waals surface area contributed by atoms with Crippen LogP contribution < -0.4 is 18.9 Å². The molecule has 0 saturated carbocycles. The number of nitrogens with one attached hydrogen (secondary N) is 1. The highest BCUT2D eigenvalue weighted by Crippen LogP contribution is 2.44. The van der Waals surface area contributed by atoms with E-state index in [2.05, 4.69) is 21.0 Å². The smallest absolute Gasteiger partial charge is 0.213 e. The van der Waals surface area contributed by atoms with Crippen LogP contribution >= 0.6 is 0 Å². The molecule has 31 heavy (non-hydrogen) atoms. The number of aromatic nitrogens is 3. The summed E-state index contributed by atoms with van der Waals surface area (Å²) in [7, 11) is 1.64. The number of ether oxygens (including phenoxy) is 4. The fourth-order valence-corrected chi connectivity index (χ4v) is 3.81. The average Bonchev–Trinajstić information content (AvgIpc) is 3.22. The number of hydrogen-bond donors (Lipinski definition) is 1. The molecule has 0 saturated heterocycles. The number of aromatic amines is 1. The molecular weight excluding hydrogens is 394 g/mol. The minimum absolute atomic E-state index is 0.268. The summed E-state index contributed by atoms with van der Waals surface area (Å²) in [5, 5.41) is 1.11. The zero-order valence-electron chi connectivity index (χ0n) is 17.4. The summed E-state index contributed by atoms with van der Waals surface area (Å²) in [6.07, 6.45) is 6.00. The molecule has 1 aliphatic heterocycles. The molecule has 0 bridgehead atoms. The zero-order chi connectivity index (χ0) is 21.2. The van der Waals surface area contributed by atoms with Crippen molar-refractivity contribution in [3.8, 4) is 23.1 Å². The maximum atomic E-state index is 6.25. The summed E-state index contributed by atoms with van der Waals surface area (Å²) in [4.78, 5) is 11.9. The lowest BCUT2D eigenvalue weighted by molar-refractivity contribution is 0.0867. The van der Waals surface area contributed by atoms with Gasteiger partial charge in [-0.2, -0.15) is 0 Å². The third kappa shape index (κ3) is 3.74. The molecule has 158 valence electrons. The first kappa shape index (κ1) is 19.2. The van der Waals surface area contributed by atoms with Crippen molar-refractivity contribution in [1.29, 1.82) is 0 Å². The molecule has 1 N–H and O–H groups in total. The first-order valence-corrected chi connectivity index (χ1v) is 10.2. The Morgan fingerprint density at radius 3 is 2.94 bits per heavy atom. The van der Waals surface area contributed by atoms with Gasteiger partial charge in [-0.25, -0.2) is 9.97 Å². The van der Waals surface area contributed by atoms with E-state index in [0.29, 0.717) is 36.3 Å². The molecule has 0 aliphatic carbocycles. The van der Waals surface area contributed by atoms with Crippen LogP contribution in [-0.2, 0) is 6.42 Å². The molecule has 4 heterocycles. The van der Waals surface area contributed by atoms with E-state index in [-0.39, 0.29) is 6.10 Å². The molecule has 0 fully saturated rings. The molecule has 0 spiro atoms. The summed E-state index contributed by atoms with van der Waals surface area (Å²) in [6, 6.07) is 11.8. The Kier molecular flexibility index (Phi) is 5.08. The second-order valence-electron chi connectivity index (χ2n) is 7.30. The van der Waals surface area contributed by atoms with Gasteiger partial charge in [0, 0.05) is 35.6 Å². The van der Waals surface area contributed by atoms with Crippen LogP contribution in [0.25, 0.3) is 11.0 Å². The minimum Gasteiger partial charge on any atom is -0.493 e. The Labute approximate surface area is 180 Å². The quantitative estimate of drug-likeness (QED) is 0.499. The van der Waals surface area contributed by atoms with Gasteiger partial charge in [-0.1, -0.05) is 0 Å². The molecule has 1 aromatic carbocycles. The SMILES string of the molecule is CCOc1ccc(C2COc3cc(Cc4c[nH]c5ncccc45)cc(OC)c3O2)cn1. The van der Waals surface area contributed by atoms with E-state index in [9.17, 15) is 0 Å². The molecule has 1 aliphatic rings. The Balaban J connectivity index is 1.40. The van der Waals surface area contributed by atoms with Gasteiger partial charge in [0.1, 0.15) is 12.3 Å². The van der Waals surface area contributed by atoms with Crippen molar-refractivity contribution in [3.05, 3.63) is 71.7 Å². The van der Waals surface area contributed by atoms with E-state index in [4.69, 9.17) is 18.9 Å². The normalized spacial score (nSPS) is 15.1. The molecule has 0 amide bonds. The fourth-order valence-electron chi connectivity index (χ4n) is 3.81. The van der Waals surface area contributed by atoms with Crippen molar-refractivity contribution >= 4 is 11.0 Å². The van der Waals surface area contributed by atoms with Gasteiger partial charge >= 0.3 is 0 Å². The van der Waals surface area contributed by atoms with E-state index in [1.54, 1.807) is 19.5 Å². The standard InChI is InChI=1S/C24H23N3O4/c1-3-29-22-7-6-16(12-26-22)21-14-30-20-11-15(10-19(28-2)23(20)31-21)9-17-13-27-24-18(17)5-4-8-25-24/h4-8,10-13,21H,3,9,14H2,1-2H3,(H,25,27). The van der Waals surface area contributed by atoms with Crippen molar-refractivity contribution in [2.24, 2.45) is 0 Å². The van der Waals surface area contributed by atoms with E-state index in [0.717, 1.165) is 28.6 Å². The number of benzene rings is 1. The molecule has 1 unspecified atom stereocenters. The highest BCUT2D eigenvalue weighted by atomic mass is 16.6. The van der Waals surface area contributed by atoms with Crippen LogP contribution in [0.1, 0.15) is 29.7 Å². The largest absolute Gasteiger partial charge is 0.493 e. The first-order valence-electron chi connectivity index (χ1n) is 10.2. The Morgan fingerprint density at radius 2 is 2.13 bits per heavy atom. The topological polar surface area (TPSA) is 78.5 Å². The summed E-state index contributed by atoms with van der Waals surface area (Å²) < 4.78 is 23.4. The van der Waals surface area contributed by atoms with Gasteiger partial charge in [-0.3, -0.25) is 0 Å². The lowest BCUT2D eigenvalue weighted by Crippen LogP contribution is -2.22. The third-order valence-electron chi connectivity index (χ3n) is 5.31. The van der Waals surface area contributed by atoms with Gasteiger partial charge < -0.3 is 23.9 Å². The highest BCUT2D eigenvalue weighted by molar-refractivity contribution is 5.80. The molecule has 7 heteroatoms. The van der Waals surface area contributed by atoms with Gasteiger partial charge in [0.25, 0.3) is 0 Å². The number of pyridine rings is 2. The van der Waals surface area contributed by atoms with Crippen LogP contribution in [0.5, 0.6) is 23.1 Å². The van der Waals surface area contributed by atoms with Crippen LogP contribution in [0.2, 0.25) is 0 Å². The Morgan fingerprint density at radius 1 is 1.19 bits per heavy atom. The van der Waals surface area contributed by atoms with E-state index >= 15 is 0 Å². The second kappa shape index (κ2) is 8.18. The van der Waals surface area contributed by atoms with E-state index < -0.39 is 0 Å². The van der Waals surface area contributed by atoms with Crippen molar-refractivity contribution in [3.63, 3.8) is 0 Å². The van der Waals surface area contributed by atoms with Crippen LogP contribution in [0, 0.1) is 0 Å². The van der Waals surface area contributed by atoms with Gasteiger partial charge in [-0.15, -0.1) is 0 Å². The fraction of sp³-hybridized carbons (Fsp3) is 0.250. The lowest BCUT2D eigenvalue weighted by Gasteiger charge is -2.28. The lowest BCUT2D eigenvalue weighted by atomic mass is 10.0. The van der Waals surface area contributed by atoms with Crippen molar-refractivity contribution in [2.75, 3.05) is 20.3 Å². The molecule has 3 aromatic heterocycles. The third-order valence-corrected chi connectivity index (χ3v) is 5.31. The molecular formula is C24H23N3O4. The van der Waals surface area contributed by atoms with Crippen LogP contribution in [0.4, 0.5) is 0 Å². The predicted octanol–water partition coefficient (Wildman–Crippen LogP) is 4.47. The number of hydrogen-bond acceptors (Lipinski definition) is 6. The number of nitrogens with zero attached hydrogens (tertiary/aromatic N) is 2. The number of H-pyrrole nitrogens is 1. The van der Waals surface area contributed by atoms with Gasteiger partial charge in [0.15, 0.2) is 17.6 Å². The number of methoxy groups -OCH3 is 1. The highest BCUT2D eigenvalue weighted by Gasteiger charge is 2.27. The zero-order valence-corrected chi connectivity index (χ0v) is 17.4. The van der Waals surface area contributed by atoms with Crippen LogP contribution in [0.15, 0.2) is 55.0 Å². The van der Waals surface area contributed by atoms with E-state index in [1.807, 2.05) is 43.5 Å². The monoisotopic (exact) mass is 417 g/mol. The average molecular weight is 417 g/mol. The molecule has 1 atom stereocenters.